The number of aryl methyl sites for hydroxylation is 1. The van der Waals surface area contributed by atoms with Gasteiger partial charge in [0.15, 0.2) is 0 Å². The molecular weight excluding hydrogens is 320 g/mol. The molecule has 0 fully saturated rings. The molecule has 0 saturated carbocycles. The summed E-state index contributed by atoms with van der Waals surface area (Å²) in [5.41, 5.74) is 5.72. The van der Waals surface area contributed by atoms with Gasteiger partial charge in [-0.2, -0.15) is 0 Å². The van der Waals surface area contributed by atoms with Gasteiger partial charge in [-0.1, -0.05) is 50.2 Å². The molecule has 1 aliphatic rings. The van der Waals surface area contributed by atoms with Crippen LogP contribution in [0.1, 0.15) is 53.5 Å². The molecule has 2 aromatic carbocycles. The Morgan fingerprint density at radius 2 is 1.73 bits per heavy atom. The summed E-state index contributed by atoms with van der Waals surface area (Å²) < 4.78 is 2.25. The zero-order valence-electron chi connectivity index (χ0n) is 16.0. The van der Waals surface area contributed by atoms with Crippen molar-refractivity contribution in [1.29, 1.82) is 0 Å². The Kier molecular flexibility index (Phi) is 4.10. The molecule has 134 valence electrons. The van der Waals surface area contributed by atoms with E-state index in [0.717, 1.165) is 24.1 Å². The molecule has 1 atom stereocenters. The second-order valence-electron chi connectivity index (χ2n) is 7.75. The highest BCUT2D eigenvalue weighted by molar-refractivity contribution is 6.01. The molecule has 1 amide bonds. The fraction of sp³-hybridized carbons (Fsp3) is 0.348. The lowest BCUT2D eigenvalue weighted by Gasteiger charge is -2.27. The van der Waals surface area contributed by atoms with Gasteiger partial charge in [-0.15, -0.1) is 0 Å². The fourth-order valence-electron chi connectivity index (χ4n) is 4.20. The van der Waals surface area contributed by atoms with Crippen LogP contribution in [-0.2, 0) is 7.05 Å². The summed E-state index contributed by atoms with van der Waals surface area (Å²) in [4.78, 5) is 15.2. The van der Waals surface area contributed by atoms with E-state index in [0.29, 0.717) is 5.92 Å². The van der Waals surface area contributed by atoms with Crippen molar-refractivity contribution in [2.75, 3.05) is 6.54 Å². The lowest BCUT2D eigenvalue weighted by Crippen LogP contribution is -2.30. The maximum absolute atomic E-state index is 13.2. The third-order valence-corrected chi connectivity index (χ3v) is 5.73. The Morgan fingerprint density at radius 1 is 1.04 bits per heavy atom. The van der Waals surface area contributed by atoms with Gasteiger partial charge in [0.25, 0.3) is 5.91 Å². The van der Waals surface area contributed by atoms with Crippen molar-refractivity contribution in [3.8, 4) is 0 Å². The van der Waals surface area contributed by atoms with Crippen molar-refractivity contribution in [1.82, 2.24) is 9.47 Å². The predicted octanol–water partition coefficient (Wildman–Crippen LogP) is 5.08. The van der Waals surface area contributed by atoms with Gasteiger partial charge in [0.05, 0.1) is 6.04 Å². The van der Waals surface area contributed by atoms with E-state index in [1.165, 1.54) is 22.2 Å². The van der Waals surface area contributed by atoms with Crippen molar-refractivity contribution < 1.29 is 4.79 Å². The van der Waals surface area contributed by atoms with Crippen LogP contribution in [0.25, 0.3) is 10.9 Å². The highest BCUT2D eigenvalue weighted by atomic mass is 16.2. The average Bonchev–Trinajstić information content (AvgIpc) is 3.05. The maximum atomic E-state index is 13.2. The monoisotopic (exact) mass is 346 g/mol. The number of aromatic nitrogens is 1. The van der Waals surface area contributed by atoms with Crippen LogP contribution >= 0.6 is 0 Å². The smallest absolute Gasteiger partial charge is 0.255 e. The van der Waals surface area contributed by atoms with E-state index in [4.69, 9.17) is 0 Å². The van der Waals surface area contributed by atoms with E-state index >= 15 is 0 Å². The molecule has 3 heteroatoms. The molecule has 0 spiro atoms. The minimum Gasteiger partial charge on any atom is -0.348 e. The van der Waals surface area contributed by atoms with Crippen LogP contribution in [0.2, 0.25) is 0 Å². The second kappa shape index (κ2) is 6.31. The summed E-state index contributed by atoms with van der Waals surface area (Å²) in [6.45, 7) is 7.39. The largest absolute Gasteiger partial charge is 0.348 e. The quantitative estimate of drug-likeness (QED) is 0.647. The molecule has 0 radical (unpaired) electrons. The van der Waals surface area contributed by atoms with E-state index in [1.807, 2.05) is 18.2 Å². The highest BCUT2D eigenvalue weighted by Gasteiger charge is 2.39. The summed E-state index contributed by atoms with van der Waals surface area (Å²) in [5, 5.41) is 1.25. The Balaban J connectivity index is 1.93. The number of benzene rings is 2. The van der Waals surface area contributed by atoms with Gasteiger partial charge in [-0.05, 0) is 37.0 Å². The van der Waals surface area contributed by atoms with E-state index < -0.39 is 0 Å². The van der Waals surface area contributed by atoms with Crippen LogP contribution < -0.4 is 0 Å². The number of fused-ring (bicyclic) bond motifs is 2. The van der Waals surface area contributed by atoms with Crippen LogP contribution in [0, 0.1) is 12.8 Å². The molecule has 0 bridgehead atoms. The van der Waals surface area contributed by atoms with Crippen molar-refractivity contribution >= 4 is 16.8 Å². The first-order chi connectivity index (χ1) is 12.5. The Bertz CT molecular complexity index is 983. The molecule has 3 nitrogen and oxygen atoms in total. The van der Waals surface area contributed by atoms with Crippen LogP contribution in [0.4, 0.5) is 0 Å². The van der Waals surface area contributed by atoms with Gasteiger partial charge in [-0.3, -0.25) is 4.79 Å². The molecule has 0 aliphatic carbocycles. The fourth-order valence-corrected chi connectivity index (χ4v) is 4.20. The minimum atomic E-state index is 0.00329. The first-order valence-electron chi connectivity index (χ1n) is 9.44. The number of rotatable bonds is 4. The minimum absolute atomic E-state index is 0.00329. The predicted molar refractivity (Wildman–Crippen MR) is 106 cm³/mol. The van der Waals surface area contributed by atoms with Gasteiger partial charge in [0.2, 0.25) is 0 Å². The van der Waals surface area contributed by atoms with Crippen LogP contribution in [0.5, 0.6) is 0 Å². The summed E-state index contributed by atoms with van der Waals surface area (Å²) in [6.07, 6.45) is 1.01. The molecule has 26 heavy (non-hydrogen) atoms. The molecule has 0 N–H and O–H groups in total. The lowest BCUT2D eigenvalue weighted by molar-refractivity contribution is 0.0742. The third kappa shape index (κ3) is 2.45. The summed E-state index contributed by atoms with van der Waals surface area (Å²) in [7, 11) is 2.11. The molecule has 1 unspecified atom stereocenters. The van der Waals surface area contributed by atoms with Crippen LogP contribution in [-0.4, -0.2) is 21.9 Å². The van der Waals surface area contributed by atoms with E-state index in [9.17, 15) is 4.79 Å². The average molecular weight is 346 g/mol. The van der Waals surface area contributed by atoms with E-state index in [1.54, 1.807) is 0 Å². The number of hydrogen-bond acceptors (Lipinski definition) is 1. The molecule has 3 aromatic rings. The molecule has 4 rings (SSSR count). The topological polar surface area (TPSA) is 25.2 Å². The summed E-state index contributed by atoms with van der Waals surface area (Å²) in [6, 6.07) is 16.6. The normalized spacial score (nSPS) is 16.7. The van der Waals surface area contributed by atoms with Gasteiger partial charge in [-0.25, -0.2) is 0 Å². The molecule has 2 heterocycles. The lowest BCUT2D eigenvalue weighted by atomic mass is 9.95. The molecule has 1 aliphatic heterocycles. The number of para-hydroxylation sites is 1. The number of carbonyl (C=O) groups excluding carboxylic acids is 1. The zero-order chi connectivity index (χ0) is 18.4. The number of nitrogens with zero attached hydrogens (tertiary/aromatic N) is 2. The Hall–Kier alpha value is -2.55. The molecular formula is C23H26N2O. The zero-order valence-corrected chi connectivity index (χ0v) is 16.0. The summed E-state index contributed by atoms with van der Waals surface area (Å²) >= 11 is 0. The van der Waals surface area contributed by atoms with E-state index in [-0.39, 0.29) is 11.9 Å². The van der Waals surface area contributed by atoms with Crippen LogP contribution in [0.15, 0.2) is 48.5 Å². The molecule has 1 aromatic heterocycles. The highest BCUT2D eigenvalue weighted by Crippen LogP contribution is 2.43. The number of amides is 1. The number of hydrogen-bond donors (Lipinski definition) is 0. The third-order valence-electron chi connectivity index (χ3n) is 5.73. The van der Waals surface area contributed by atoms with Crippen molar-refractivity contribution in [2.24, 2.45) is 13.0 Å². The molecule has 0 saturated heterocycles. The van der Waals surface area contributed by atoms with Crippen molar-refractivity contribution in [3.05, 3.63) is 70.9 Å². The SMILES string of the molecule is Cc1c(C2c3ccccc3C(=O)N2CCC(C)C)c2ccccc2n1C. The van der Waals surface area contributed by atoms with Gasteiger partial charge in [0, 0.05) is 41.3 Å². The first-order valence-corrected chi connectivity index (χ1v) is 9.44. The number of carbonyl (C=O) groups is 1. The van der Waals surface area contributed by atoms with Gasteiger partial charge >= 0.3 is 0 Å². The Morgan fingerprint density at radius 3 is 2.50 bits per heavy atom. The second-order valence-corrected chi connectivity index (χ2v) is 7.75. The Labute approximate surface area is 155 Å². The van der Waals surface area contributed by atoms with E-state index in [2.05, 4.69) is 67.6 Å². The van der Waals surface area contributed by atoms with Crippen molar-refractivity contribution in [3.63, 3.8) is 0 Å². The van der Waals surface area contributed by atoms with Crippen LogP contribution in [0.3, 0.4) is 0 Å². The maximum Gasteiger partial charge on any atom is 0.255 e. The van der Waals surface area contributed by atoms with Gasteiger partial charge < -0.3 is 9.47 Å². The standard InChI is InChI=1S/C23H26N2O/c1-15(2)13-14-25-22(17-9-5-6-10-18(17)23(25)26)21-16(3)24(4)20-12-8-7-11-19(20)21/h5-12,15,22H,13-14H2,1-4H3. The van der Waals surface area contributed by atoms with Crippen molar-refractivity contribution in [2.45, 2.75) is 33.2 Å². The first kappa shape index (κ1) is 16.9. The van der Waals surface area contributed by atoms with Gasteiger partial charge in [0.1, 0.15) is 0 Å². The summed E-state index contributed by atoms with van der Waals surface area (Å²) in [5.74, 6) is 0.736.